The highest BCUT2D eigenvalue weighted by Crippen LogP contribution is 2.33. The highest BCUT2D eigenvalue weighted by atomic mass is 16.6. The molecule has 1 aromatic rings. The van der Waals surface area contributed by atoms with Crippen LogP contribution < -0.4 is 20.5 Å². The van der Waals surface area contributed by atoms with E-state index in [2.05, 4.69) is 5.32 Å². The Labute approximate surface area is 124 Å². The molecular formula is C16H22N2O3. The monoisotopic (exact) mass is 290 g/mol. The summed E-state index contributed by atoms with van der Waals surface area (Å²) in [5.74, 6) is 1.22. The topological polar surface area (TPSA) is 73.6 Å². The van der Waals surface area contributed by atoms with E-state index in [-0.39, 0.29) is 24.1 Å². The summed E-state index contributed by atoms with van der Waals surface area (Å²) in [6.45, 7) is 1.86. The average molecular weight is 290 g/mol. The van der Waals surface area contributed by atoms with Gasteiger partial charge in [0.15, 0.2) is 11.5 Å². The highest BCUT2D eigenvalue weighted by Gasteiger charge is 2.35. The van der Waals surface area contributed by atoms with Crippen LogP contribution >= 0.6 is 0 Å². The van der Waals surface area contributed by atoms with E-state index in [1.165, 1.54) is 0 Å². The molecule has 1 heterocycles. The molecule has 1 fully saturated rings. The number of carbonyl (C=O) groups is 1. The van der Waals surface area contributed by atoms with Crippen molar-refractivity contribution in [2.75, 3.05) is 0 Å². The molecule has 0 saturated heterocycles. The third kappa shape index (κ3) is 3.13. The van der Waals surface area contributed by atoms with Crippen LogP contribution in [0.1, 0.15) is 32.6 Å². The van der Waals surface area contributed by atoms with Gasteiger partial charge in [0.25, 0.3) is 5.91 Å². The van der Waals surface area contributed by atoms with E-state index in [1.54, 1.807) is 0 Å². The van der Waals surface area contributed by atoms with Crippen LogP contribution in [0.25, 0.3) is 0 Å². The third-order valence-corrected chi connectivity index (χ3v) is 4.22. The Balaban J connectivity index is 1.62. The number of fused-ring (bicyclic) bond motifs is 1. The van der Waals surface area contributed by atoms with Crippen LogP contribution in [0.3, 0.4) is 0 Å². The molecule has 0 aromatic heterocycles. The average Bonchev–Trinajstić information content (AvgIpc) is 2.49. The standard InChI is InChI=1S/C16H22N2O3/c1-10-15(21-14-5-3-2-4-13(14)20-10)16(19)18-12-8-6-11(17)7-9-12/h2-5,10-12,15H,6-9,17H2,1H3,(H,18,19). The predicted molar refractivity (Wildman–Crippen MR) is 79.3 cm³/mol. The SMILES string of the molecule is CC1Oc2ccccc2OC1C(=O)NC1CCC(N)CC1. The lowest BCUT2D eigenvalue weighted by atomic mass is 9.91. The number of amides is 1. The molecule has 2 atom stereocenters. The molecule has 1 aliphatic heterocycles. The first-order valence-electron chi connectivity index (χ1n) is 7.62. The van der Waals surface area contributed by atoms with Gasteiger partial charge in [-0.2, -0.15) is 0 Å². The maximum atomic E-state index is 12.4. The molecule has 5 nitrogen and oxygen atoms in total. The molecule has 1 saturated carbocycles. The minimum absolute atomic E-state index is 0.0996. The quantitative estimate of drug-likeness (QED) is 0.867. The molecule has 0 radical (unpaired) electrons. The minimum Gasteiger partial charge on any atom is -0.482 e. The van der Waals surface area contributed by atoms with Crippen molar-refractivity contribution in [1.82, 2.24) is 5.32 Å². The van der Waals surface area contributed by atoms with Crippen LogP contribution in [-0.4, -0.2) is 30.2 Å². The highest BCUT2D eigenvalue weighted by molar-refractivity contribution is 5.82. The number of para-hydroxylation sites is 2. The van der Waals surface area contributed by atoms with E-state index in [0.29, 0.717) is 11.5 Å². The first-order valence-corrected chi connectivity index (χ1v) is 7.62. The van der Waals surface area contributed by atoms with Gasteiger partial charge in [-0.05, 0) is 44.7 Å². The van der Waals surface area contributed by atoms with Crippen LogP contribution in [0.5, 0.6) is 11.5 Å². The summed E-state index contributed by atoms with van der Waals surface area (Å²) < 4.78 is 11.6. The Morgan fingerprint density at radius 2 is 1.76 bits per heavy atom. The molecule has 1 aliphatic carbocycles. The number of hydrogen-bond acceptors (Lipinski definition) is 4. The van der Waals surface area contributed by atoms with Crippen LogP contribution in [0.4, 0.5) is 0 Å². The minimum atomic E-state index is -0.601. The Kier molecular flexibility index (Phi) is 4.01. The number of benzene rings is 1. The summed E-state index contributed by atoms with van der Waals surface area (Å²) in [6, 6.07) is 7.91. The summed E-state index contributed by atoms with van der Waals surface area (Å²) in [5.41, 5.74) is 5.89. The zero-order chi connectivity index (χ0) is 14.8. The first kappa shape index (κ1) is 14.2. The summed E-state index contributed by atoms with van der Waals surface area (Å²) >= 11 is 0. The smallest absolute Gasteiger partial charge is 0.265 e. The van der Waals surface area contributed by atoms with E-state index in [0.717, 1.165) is 25.7 Å². The number of rotatable bonds is 2. The fourth-order valence-electron chi connectivity index (χ4n) is 2.95. The zero-order valence-corrected chi connectivity index (χ0v) is 12.2. The van der Waals surface area contributed by atoms with Gasteiger partial charge in [0.05, 0.1) is 0 Å². The molecule has 0 spiro atoms. The maximum Gasteiger partial charge on any atom is 0.265 e. The first-order chi connectivity index (χ1) is 10.1. The maximum absolute atomic E-state index is 12.4. The van der Waals surface area contributed by atoms with E-state index in [1.807, 2.05) is 31.2 Å². The van der Waals surface area contributed by atoms with E-state index < -0.39 is 6.10 Å². The third-order valence-electron chi connectivity index (χ3n) is 4.22. The second kappa shape index (κ2) is 5.93. The Bertz CT molecular complexity index is 512. The Morgan fingerprint density at radius 1 is 1.14 bits per heavy atom. The van der Waals surface area contributed by atoms with E-state index in [4.69, 9.17) is 15.2 Å². The fourth-order valence-corrected chi connectivity index (χ4v) is 2.95. The zero-order valence-electron chi connectivity index (χ0n) is 12.2. The molecule has 1 amide bonds. The molecule has 3 N–H and O–H groups in total. The summed E-state index contributed by atoms with van der Waals surface area (Å²) in [7, 11) is 0. The van der Waals surface area contributed by atoms with E-state index >= 15 is 0 Å². The van der Waals surface area contributed by atoms with Crippen molar-refractivity contribution in [3.05, 3.63) is 24.3 Å². The Hall–Kier alpha value is -1.75. The van der Waals surface area contributed by atoms with Gasteiger partial charge in [-0.25, -0.2) is 0 Å². The van der Waals surface area contributed by atoms with Gasteiger partial charge < -0.3 is 20.5 Å². The van der Waals surface area contributed by atoms with Gasteiger partial charge in [-0.1, -0.05) is 12.1 Å². The van der Waals surface area contributed by atoms with Gasteiger partial charge in [0, 0.05) is 12.1 Å². The van der Waals surface area contributed by atoms with Crippen LogP contribution in [0.2, 0.25) is 0 Å². The van der Waals surface area contributed by atoms with Gasteiger partial charge in [0.2, 0.25) is 6.10 Å². The molecule has 2 aliphatic rings. The number of ether oxygens (including phenoxy) is 2. The van der Waals surface area contributed by atoms with Crippen molar-refractivity contribution in [2.45, 2.75) is 56.9 Å². The lowest BCUT2D eigenvalue weighted by molar-refractivity contribution is -0.134. The number of nitrogens with one attached hydrogen (secondary N) is 1. The molecule has 1 aromatic carbocycles. The fraction of sp³-hybridized carbons (Fsp3) is 0.562. The van der Waals surface area contributed by atoms with Crippen molar-refractivity contribution < 1.29 is 14.3 Å². The van der Waals surface area contributed by atoms with Gasteiger partial charge >= 0.3 is 0 Å². The summed E-state index contributed by atoms with van der Waals surface area (Å²) in [6.07, 6.45) is 2.90. The molecule has 21 heavy (non-hydrogen) atoms. The van der Waals surface area contributed by atoms with Crippen molar-refractivity contribution in [2.24, 2.45) is 5.73 Å². The van der Waals surface area contributed by atoms with Crippen LogP contribution in [0, 0.1) is 0 Å². The van der Waals surface area contributed by atoms with Crippen LogP contribution in [0.15, 0.2) is 24.3 Å². The second-order valence-corrected chi connectivity index (χ2v) is 5.93. The van der Waals surface area contributed by atoms with Crippen LogP contribution in [-0.2, 0) is 4.79 Å². The van der Waals surface area contributed by atoms with Crippen molar-refractivity contribution >= 4 is 5.91 Å². The second-order valence-electron chi connectivity index (χ2n) is 5.93. The lowest BCUT2D eigenvalue weighted by Gasteiger charge is -2.33. The molecule has 114 valence electrons. The lowest BCUT2D eigenvalue weighted by Crippen LogP contribution is -2.52. The molecule has 2 unspecified atom stereocenters. The summed E-state index contributed by atoms with van der Waals surface area (Å²) in [5, 5.41) is 3.07. The normalized spacial score (nSPS) is 31.5. The Morgan fingerprint density at radius 3 is 2.43 bits per heavy atom. The van der Waals surface area contributed by atoms with Crippen molar-refractivity contribution in [1.29, 1.82) is 0 Å². The largest absolute Gasteiger partial charge is 0.482 e. The van der Waals surface area contributed by atoms with E-state index in [9.17, 15) is 4.79 Å². The molecule has 0 bridgehead atoms. The number of nitrogens with two attached hydrogens (primary N) is 1. The van der Waals surface area contributed by atoms with Gasteiger partial charge in [0.1, 0.15) is 6.10 Å². The molecule has 3 rings (SSSR count). The van der Waals surface area contributed by atoms with Gasteiger partial charge in [-0.3, -0.25) is 4.79 Å². The van der Waals surface area contributed by atoms with Crippen molar-refractivity contribution in [3.8, 4) is 11.5 Å². The predicted octanol–water partition coefficient (Wildman–Crippen LogP) is 1.60. The number of hydrogen-bond donors (Lipinski definition) is 2. The molecular weight excluding hydrogens is 268 g/mol. The van der Waals surface area contributed by atoms with Crippen molar-refractivity contribution in [3.63, 3.8) is 0 Å². The molecule has 5 heteroatoms. The number of carbonyl (C=O) groups excluding carboxylic acids is 1. The summed E-state index contributed by atoms with van der Waals surface area (Å²) in [4.78, 5) is 12.4. The van der Waals surface area contributed by atoms with Gasteiger partial charge in [-0.15, -0.1) is 0 Å².